The third kappa shape index (κ3) is 4.48. The Morgan fingerprint density at radius 2 is 2.00 bits per heavy atom. The second-order valence-corrected chi connectivity index (χ2v) is 7.49. The van der Waals surface area contributed by atoms with Crippen LogP contribution in [0.3, 0.4) is 0 Å². The Balaban J connectivity index is 2.64. The minimum Gasteiger partial charge on any atom is -0.508 e. The fourth-order valence-corrected chi connectivity index (χ4v) is 3.56. The van der Waals surface area contributed by atoms with Gasteiger partial charge in [-0.25, -0.2) is 0 Å². The third-order valence-corrected chi connectivity index (χ3v) is 4.96. The number of unbranched alkanes of at least 4 members (excludes halogenated alkanes) is 2. The summed E-state index contributed by atoms with van der Waals surface area (Å²) in [6.45, 7) is 9.47. The molecular formula is C22H32N2O2. The first-order valence-corrected chi connectivity index (χ1v) is 9.67. The molecule has 1 amide bonds. The number of phenols is 1. The number of phenolic OH excluding ortho intramolecular Hbond substituents is 1. The summed E-state index contributed by atoms with van der Waals surface area (Å²) in [5, 5.41) is 9.94. The molecule has 0 saturated heterocycles. The van der Waals surface area contributed by atoms with E-state index in [-0.39, 0.29) is 5.75 Å². The van der Waals surface area contributed by atoms with Gasteiger partial charge in [0, 0.05) is 23.5 Å². The van der Waals surface area contributed by atoms with Crippen molar-refractivity contribution in [2.45, 2.75) is 66.3 Å². The molecule has 4 heteroatoms. The monoisotopic (exact) mass is 356 g/mol. The maximum atomic E-state index is 12.3. The SMILES string of the molecule is CCCCCc1c(-c2cccc(O)c2)c(C(N)=O)c(C)n1CCC(C)C. The summed E-state index contributed by atoms with van der Waals surface area (Å²) in [4.78, 5) is 12.3. The molecule has 1 aromatic carbocycles. The van der Waals surface area contributed by atoms with E-state index in [4.69, 9.17) is 5.73 Å². The Morgan fingerprint density at radius 3 is 2.58 bits per heavy atom. The van der Waals surface area contributed by atoms with E-state index in [0.717, 1.165) is 61.2 Å². The first-order valence-electron chi connectivity index (χ1n) is 9.67. The maximum absolute atomic E-state index is 12.3. The van der Waals surface area contributed by atoms with Gasteiger partial charge in [0.2, 0.25) is 0 Å². The van der Waals surface area contributed by atoms with Gasteiger partial charge >= 0.3 is 0 Å². The maximum Gasteiger partial charge on any atom is 0.251 e. The molecule has 142 valence electrons. The molecule has 0 saturated carbocycles. The van der Waals surface area contributed by atoms with E-state index < -0.39 is 5.91 Å². The Bertz CT molecular complexity index is 760. The van der Waals surface area contributed by atoms with Gasteiger partial charge in [-0.15, -0.1) is 0 Å². The van der Waals surface area contributed by atoms with Crippen molar-refractivity contribution in [2.24, 2.45) is 11.7 Å². The lowest BCUT2D eigenvalue weighted by molar-refractivity contribution is 0.1000. The highest BCUT2D eigenvalue weighted by atomic mass is 16.3. The number of carbonyl (C=O) groups excluding carboxylic acids is 1. The van der Waals surface area contributed by atoms with Gasteiger partial charge < -0.3 is 15.4 Å². The molecule has 1 aromatic heterocycles. The Hall–Kier alpha value is -2.23. The van der Waals surface area contributed by atoms with Crippen molar-refractivity contribution >= 4 is 5.91 Å². The topological polar surface area (TPSA) is 68.2 Å². The van der Waals surface area contributed by atoms with Crippen LogP contribution in [-0.2, 0) is 13.0 Å². The van der Waals surface area contributed by atoms with Gasteiger partial charge in [0.1, 0.15) is 5.75 Å². The molecule has 26 heavy (non-hydrogen) atoms. The highest BCUT2D eigenvalue weighted by Gasteiger charge is 2.24. The molecule has 0 fully saturated rings. The second kappa shape index (κ2) is 8.93. The lowest BCUT2D eigenvalue weighted by Gasteiger charge is -2.15. The molecule has 0 bridgehead atoms. The minimum atomic E-state index is -0.402. The zero-order valence-electron chi connectivity index (χ0n) is 16.5. The van der Waals surface area contributed by atoms with Crippen molar-refractivity contribution in [3.8, 4) is 16.9 Å². The molecule has 0 atom stereocenters. The van der Waals surface area contributed by atoms with Gasteiger partial charge in [0.05, 0.1) is 5.56 Å². The number of nitrogens with zero attached hydrogens (tertiary/aromatic N) is 1. The molecule has 0 unspecified atom stereocenters. The van der Waals surface area contributed by atoms with Crippen LogP contribution in [0.4, 0.5) is 0 Å². The first kappa shape index (κ1) is 20.1. The van der Waals surface area contributed by atoms with Crippen LogP contribution in [-0.4, -0.2) is 15.6 Å². The number of rotatable bonds is 9. The number of hydrogen-bond acceptors (Lipinski definition) is 2. The van der Waals surface area contributed by atoms with Crippen LogP contribution in [0.1, 0.15) is 68.2 Å². The number of carbonyl (C=O) groups is 1. The lowest BCUT2D eigenvalue weighted by Crippen LogP contribution is -2.13. The Morgan fingerprint density at radius 1 is 1.27 bits per heavy atom. The quantitative estimate of drug-likeness (QED) is 0.618. The molecule has 2 aromatic rings. The number of benzene rings is 1. The molecule has 1 heterocycles. The predicted molar refractivity (Wildman–Crippen MR) is 107 cm³/mol. The molecule has 2 rings (SSSR count). The van der Waals surface area contributed by atoms with Crippen molar-refractivity contribution in [1.82, 2.24) is 4.57 Å². The van der Waals surface area contributed by atoms with E-state index in [1.807, 2.05) is 19.1 Å². The number of aromatic hydroxyl groups is 1. The zero-order valence-corrected chi connectivity index (χ0v) is 16.5. The molecule has 4 nitrogen and oxygen atoms in total. The van der Waals surface area contributed by atoms with Gasteiger partial charge in [-0.05, 0) is 49.8 Å². The molecule has 3 N–H and O–H groups in total. The standard InChI is InChI=1S/C22H32N2O2/c1-5-6-7-11-19-21(17-9-8-10-18(25)14-17)20(22(23)26)16(4)24(19)13-12-15(2)3/h8-10,14-15,25H,5-7,11-13H2,1-4H3,(H2,23,26). The highest BCUT2D eigenvalue weighted by Crippen LogP contribution is 2.35. The van der Waals surface area contributed by atoms with Crippen molar-refractivity contribution in [3.05, 3.63) is 41.2 Å². The van der Waals surface area contributed by atoms with Crippen molar-refractivity contribution in [3.63, 3.8) is 0 Å². The van der Waals surface area contributed by atoms with E-state index in [1.165, 1.54) is 0 Å². The van der Waals surface area contributed by atoms with Crippen LogP contribution in [0, 0.1) is 12.8 Å². The van der Waals surface area contributed by atoms with E-state index in [9.17, 15) is 9.90 Å². The Kier molecular flexibility index (Phi) is 6.90. The summed E-state index contributed by atoms with van der Waals surface area (Å²) in [7, 11) is 0. The van der Waals surface area contributed by atoms with Crippen LogP contribution in [0.2, 0.25) is 0 Å². The minimum absolute atomic E-state index is 0.199. The predicted octanol–water partition coefficient (Wildman–Crippen LogP) is 5.05. The van der Waals surface area contributed by atoms with E-state index in [0.29, 0.717) is 11.5 Å². The molecule has 0 aliphatic rings. The van der Waals surface area contributed by atoms with Crippen LogP contribution in [0.25, 0.3) is 11.1 Å². The van der Waals surface area contributed by atoms with Crippen molar-refractivity contribution in [2.75, 3.05) is 0 Å². The van der Waals surface area contributed by atoms with E-state index >= 15 is 0 Å². The summed E-state index contributed by atoms with van der Waals surface area (Å²) < 4.78 is 2.27. The molecule has 0 spiro atoms. The van der Waals surface area contributed by atoms with Crippen LogP contribution in [0.5, 0.6) is 5.75 Å². The van der Waals surface area contributed by atoms with Crippen molar-refractivity contribution in [1.29, 1.82) is 0 Å². The number of primary amides is 1. The average molecular weight is 357 g/mol. The van der Waals surface area contributed by atoms with Crippen molar-refractivity contribution < 1.29 is 9.90 Å². The van der Waals surface area contributed by atoms with Gasteiger partial charge in [0.25, 0.3) is 5.91 Å². The summed E-state index contributed by atoms with van der Waals surface area (Å²) >= 11 is 0. The molecule has 0 aliphatic carbocycles. The first-order chi connectivity index (χ1) is 12.4. The normalized spacial score (nSPS) is 11.3. The fourth-order valence-electron chi connectivity index (χ4n) is 3.56. The van der Waals surface area contributed by atoms with Gasteiger partial charge in [-0.1, -0.05) is 45.7 Å². The average Bonchev–Trinajstić information content (AvgIpc) is 2.85. The largest absolute Gasteiger partial charge is 0.508 e. The number of amides is 1. The van der Waals surface area contributed by atoms with Crippen LogP contribution >= 0.6 is 0 Å². The molecule has 0 aliphatic heterocycles. The van der Waals surface area contributed by atoms with Crippen LogP contribution in [0.15, 0.2) is 24.3 Å². The lowest BCUT2D eigenvalue weighted by atomic mass is 9.97. The third-order valence-electron chi connectivity index (χ3n) is 4.96. The number of nitrogens with two attached hydrogens (primary N) is 1. The van der Waals surface area contributed by atoms with Crippen LogP contribution < -0.4 is 5.73 Å². The second-order valence-electron chi connectivity index (χ2n) is 7.49. The van der Waals surface area contributed by atoms with Gasteiger partial charge in [0.15, 0.2) is 0 Å². The van der Waals surface area contributed by atoms with Gasteiger partial charge in [-0.3, -0.25) is 4.79 Å². The molecule has 0 radical (unpaired) electrons. The zero-order chi connectivity index (χ0) is 19.3. The summed E-state index contributed by atoms with van der Waals surface area (Å²) in [6, 6.07) is 7.12. The van der Waals surface area contributed by atoms with Gasteiger partial charge in [-0.2, -0.15) is 0 Å². The summed E-state index contributed by atoms with van der Waals surface area (Å²) in [5.41, 5.74) is 10.2. The summed E-state index contributed by atoms with van der Waals surface area (Å²) in [6.07, 6.45) is 5.33. The number of aromatic nitrogens is 1. The highest BCUT2D eigenvalue weighted by molar-refractivity contribution is 6.02. The summed E-state index contributed by atoms with van der Waals surface area (Å²) in [5.74, 6) is 0.382. The smallest absolute Gasteiger partial charge is 0.251 e. The number of hydrogen-bond donors (Lipinski definition) is 2. The van der Waals surface area contributed by atoms with E-state index in [2.05, 4.69) is 25.3 Å². The van der Waals surface area contributed by atoms with E-state index in [1.54, 1.807) is 12.1 Å². The fraction of sp³-hybridized carbons (Fsp3) is 0.500. The Labute approximate surface area is 157 Å². The molecular weight excluding hydrogens is 324 g/mol.